The maximum atomic E-state index is 12.8. The van der Waals surface area contributed by atoms with Gasteiger partial charge in [0.05, 0.1) is 35.1 Å². The van der Waals surface area contributed by atoms with Crippen molar-refractivity contribution in [3.63, 3.8) is 0 Å². The molecule has 7 heteroatoms. The Balaban J connectivity index is 1.84. The van der Waals surface area contributed by atoms with Crippen LogP contribution >= 0.6 is 0 Å². The van der Waals surface area contributed by atoms with Crippen LogP contribution in [0.4, 0.5) is 5.69 Å². The molecule has 0 radical (unpaired) electrons. The highest BCUT2D eigenvalue weighted by Gasteiger charge is 2.20. The van der Waals surface area contributed by atoms with Crippen molar-refractivity contribution in [1.82, 2.24) is 9.78 Å². The van der Waals surface area contributed by atoms with Gasteiger partial charge in [0.25, 0.3) is 10.0 Å². The minimum absolute atomic E-state index is 0.181. The third-order valence-electron chi connectivity index (χ3n) is 4.24. The topological polar surface area (TPSA) is 73.2 Å². The van der Waals surface area contributed by atoms with Gasteiger partial charge in [-0.2, -0.15) is 5.10 Å². The summed E-state index contributed by atoms with van der Waals surface area (Å²) in [5.41, 5.74) is 3.02. The summed E-state index contributed by atoms with van der Waals surface area (Å²) in [6.07, 6.45) is 0. The molecule has 1 aromatic heterocycles. The first-order chi connectivity index (χ1) is 12.9. The van der Waals surface area contributed by atoms with Crippen LogP contribution in [0.15, 0.2) is 59.5 Å². The predicted molar refractivity (Wildman–Crippen MR) is 106 cm³/mol. The number of nitrogens with zero attached hydrogens (tertiary/aromatic N) is 2. The molecule has 0 saturated heterocycles. The largest absolute Gasteiger partial charge is 0.494 e. The molecule has 6 nitrogen and oxygen atoms in total. The Morgan fingerprint density at radius 1 is 1.04 bits per heavy atom. The number of rotatable bonds is 7. The molecule has 0 unspecified atom stereocenters. The Hall–Kier alpha value is -2.80. The number of sulfonamides is 1. The van der Waals surface area contributed by atoms with Crippen LogP contribution in [0.2, 0.25) is 0 Å². The highest BCUT2D eigenvalue weighted by atomic mass is 32.2. The first kappa shape index (κ1) is 19.0. The molecular formula is C20H23N3O3S. The summed E-state index contributed by atoms with van der Waals surface area (Å²) < 4.78 is 35.4. The van der Waals surface area contributed by atoms with Gasteiger partial charge < -0.3 is 4.74 Å². The SMILES string of the molecule is CCOc1ccc(S(=O)(=O)Nc2c(C)nn(Cc3ccccc3)c2C)cc1. The van der Waals surface area contributed by atoms with Crippen molar-refractivity contribution in [2.45, 2.75) is 32.2 Å². The van der Waals surface area contributed by atoms with Gasteiger partial charge in [0.1, 0.15) is 5.75 Å². The molecule has 2 aromatic carbocycles. The van der Waals surface area contributed by atoms with Gasteiger partial charge in [-0.15, -0.1) is 0 Å². The minimum atomic E-state index is -3.71. The zero-order valence-corrected chi connectivity index (χ0v) is 16.5. The molecule has 1 heterocycles. The molecular weight excluding hydrogens is 362 g/mol. The normalized spacial score (nSPS) is 11.4. The highest BCUT2D eigenvalue weighted by Crippen LogP contribution is 2.25. The van der Waals surface area contributed by atoms with Crippen LogP contribution in [-0.4, -0.2) is 24.8 Å². The van der Waals surface area contributed by atoms with E-state index in [0.29, 0.717) is 30.3 Å². The number of hydrogen-bond acceptors (Lipinski definition) is 4. The highest BCUT2D eigenvalue weighted by molar-refractivity contribution is 7.92. The summed E-state index contributed by atoms with van der Waals surface area (Å²) in [5.74, 6) is 0.638. The zero-order valence-electron chi connectivity index (χ0n) is 15.6. The Morgan fingerprint density at radius 2 is 1.70 bits per heavy atom. The number of aryl methyl sites for hydroxylation is 1. The zero-order chi connectivity index (χ0) is 19.4. The number of anilines is 1. The maximum absolute atomic E-state index is 12.8. The maximum Gasteiger partial charge on any atom is 0.262 e. The average Bonchev–Trinajstić information content (AvgIpc) is 2.90. The number of benzene rings is 2. The number of ether oxygens (including phenoxy) is 1. The van der Waals surface area contributed by atoms with Gasteiger partial charge >= 0.3 is 0 Å². The summed E-state index contributed by atoms with van der Waals surface area (Å²) in [6.45, 7) is 6.65. The van der Waals surface area contributed by atoms with Crippen molar-refractivity contribution in [2.75, 3.05) is 11.3 Å². The van der Waals surface area contributed by atoms with Crippen molar-refractivity contribution in [1.29, 1.82) is 0 Å². The lowest BCUT2D eigenvalue weighted by Crippen LogP contribution is -2.14. The Bertz CT molecular complexity index is 1010. The van der Waals surface area contributed by atoms with E-state index in [9.17, 15) is 8.42 Å². The molecule has 27 heavy (non-hydrogen) atoms. The molecule has 0 bridgehead atoms. The minimum Gasteiger partial charge on any atom is -0.494 e. The van der Waals surface area contributed by atoms with Gasteiger partial charge in [-0.3, -0.25) is 9.40 Å². The van der Waals surface area contributed by atoms with E-state index in [1.807, 2.05) is 44.2 Å². The molecule has 0 atom stereocenters. The van der Waals surface area contributed by atoms with Crippen LogP contribution in [0.25, 0.3) is 0 Å². The summed E-state index contributed by atoms with van der Waals surface area (Å²) in [6, 6.07) is 16.3. The van der Waals surface area contributed by atoms with Gasteiger partial charge in [-0.25, -0.2) is 8.42 Å². The van der Waals surface area contributed by atoms with Crippen LogP contribution in [0.5, 0.6) is 5.75 Å². The first-order valence-corrected chi connectivity index (χ1v) is 10.2. The van der Waals surface area contributed by atoms with E-state index in [-0.39, 0.29) is 4.90 Å². The van der Waals surface area contributed by atoms with Crippen molar-refractivity contribution in [3.8, 4) is 5.75 Å². The second-order valence-electron chi connectivity index (χ2n) is 6.20. The van der Waals surface area contributed by atoms with E-state index in [1.54, 1.807) is 23.7 Å². The van der Waals surface area contributed by atoms with Gasteiger partial charge in [-0.05, 0) is 50.6 Å². The summed E-state index contributed by atoms with van der Waals surface area (Å²) >= 11 is 0. The number of aromatic nitrogens is 2. The van der Waals surface area contributed by atoms with E-state index in [1.165, 1.54) is 12.1 Å². The Morgan fingerprint density at radius 3 is 2.33 bits per heavy atom. The Labute approximate surface area is 159 Å². The third kappa shape index (κ3) is 4.31. The van der Waals surface area contributed by atoms with Gasteiger partial charge in [0.15, 0.2) is 0 Å². The van der Waals surface area contributed by atoms with Gasteiger partial charge in [-0.1, -0.05) is 30.3 Å². The van der Waals surface area contributed by atoms with Crippen LogP contribution < -0.4 is 9.46 Å². The van der Waals surface area contributed by atoms with Crippen molar-refractivity contribution in [2.24, 2.45) is 0 Å². The predicted octanol–water partition coefficient (Wildman–Crippen LogP) is 3.75. The fourth-order valence-electron chi connectivity index (χ4n) is 2.83. The fourth-order valence-corrected chi connectivity index (χ4v) is 4.01. The second-order valence-corrected chi connectivity index (χ2v) is 7.88. The molecule has 3 rings (SSSR count). The fraction of sp³-hybridized carbons (Fsp3) is 0.250. The van der Waals surface area contributed by atoms with Crippen molar-refractivity contribution >= 4 is 15.7 Å². The molecule has 0 fully saturated rings. The molecule has 0 aliphatic heterocycles. The summed E-state index contributed by atoms with van der Waals surface area (Å²) in [4.78, 5) is 0.181. The smallest absolute Gasteiger partial charge is 0.262 e. The average molecular weight is 385 g/mol. The monoisotopic (exact) mass is 385 g/mol. The summed E-state index contributed by atoms with van der Waals surface area (Å²) in [5, 5.41) is 4.49. The first-order valence-electron chi connectivity index (χ1n) is 8.74. The van der Waals surface area contributed by atoms with Crippen molar-refractivity contribution in [3.05, 3.63) is 71.5 Å². The van der Waals surface area contributed by atoms with Crippen LogP contribution in [0.1, 0.15) is 23.9 Å². The molecule has 0 spiro atoms. The lowest BCUT2D eigenvalue weighted by atomic mass is 10.2. The van der Waals surface area contributed by atoms with Crippen molar-refractivity contribution < 1.29 is 13.2 Å². The van der Waals surface area contributed by atoms with Crippen LogP contribution in [0.3, 0.4) is 0 Å². The van der Waals surface area contributed by atoms with E-state index in [0.717, 1.165) is 11.3 Å². The van der Waals surface area contributed by atoms with Gasteiger partial charge in [0.2, 0.25) is 0 Å². The molecule has 0 aliphatic carbocycles. The van der Waals surface area contributed by atoms with E-state index < -0.39 is 10.0 Å². The third-order valence-corrected chi connectivity index (χ3v) is 5.60. The quantitative estimate of drug-likeness (QED) is 0.672. The molecule has 0 aliphatic rings. The van der Waals surface area contributed by atoms with E-state index in [4.69, 9.17) is 4.74 Å². The Kier molecular flexibility index (Phi) is 5.51. The number of hydrogen-bond donors (Lipinski definition) is 1. The molecule has 0 saturated carbocycles. The van der Waals surface area contributed by atoms with Crippen LogP contribution in [0, 0.1) is 13.8 Å². The lowest BCUT2D eigenvalue weighted by molar-refractivity contribution is 0.340. The molecule has 0 amide bonds. The molecule has 3 aromatic rings. The molecule has 142 valence electrons. The van der Waals surface area contributed by atoms with Gasteiger partial charge in [0, 0.05) is 0 Å². The van der Waals surface area contributed by atoms with E-state index in [2.05, 4.69) is 9.82 Å². The van der Waals surface area contributed by atoms with E-state index >= 15 is 0 Å². The lowest BCUT2D eigenvalue weighted by Gasteiger charge is -2.10. The number of nitrogens with one attached hydrogen (secondary N) is 1. The summed E-state index contributed by atoms with van der Waals surface area (Å²) in [7, 11) is -3.71. The molecule has 1 N–H and O–H groups in total. The standard InChI is InChI=1S/C20H23N3O3S/c1-4-26-18-10-12-19(13-11-18)27(24,25)22-20-15(2)21-23(16(20)3)14-17-8-6-5-7-9-17/h5-13,22H,4,14H2,1-3H3. The van der Waals surface area contributed by atoms with Crippen LogP contribution in [-0.2, 0) is 16.6 Å². The second kappa shape index (κ2) is 7.84.